The molecule has 2 aromatic carbocycles. The molecular weight excluding hydrogens is 473 g/mol. The summed E-state index contributed by atoms with van der Waals surface area (Å²) in [6.07, 6.45) is 5.31. The second-order valence-corrected chi connectivity index (χ2v) is 15.9. The smallest absolute Gasteiger partial charge is 0.195 e. The van der Waals surface area contributed by atoms with Crippen molar-refractivity contribution in [1.82, 2.24) is 4.90 Å². The number of ketones is 1. The second kappa shape index (κ2) is 10.1. The summed E-state index contributed by atoms with van der Waals surface area (Å²) in [5.41, 5.74) is 0.889. The molecule has 0 saturated carbocycles. The molecule has 3 saturated heterocycles. The molecule has 3 aliphatic heterocycles. The fourth-order valence-electron chi connectivity index (χ4n) is 6.52. The monoisotopic (exact) mass is 511 g/mol. The minimum atomic E-state index is -1.96. The van der Waals surface area contributed by atoms with E-state index in [1.165, 1.54) is 12.1 Å². The normalized spacial score (nSPS) is 27.9. The van der Waals surface area contributed by atoms with Crippen molar-refractivity contribution in [3.8, 4) is 0 Å². The first kappa shape index (κ1) is 25.7. The van der Waals surface area contributed by atoms with Gasteiger partial charge in [0.2, 0.25) is 0 Å². The SMILES string of the molecule is C[Si](C)(C)OC1(C(=O)c2ccccc2)CC2CCC(C1)N2CCCC1(c2ccc(F)cc2)OCCO1. The Bertz CT molecular complexity index is 1040. The van der Waals surface area contributed by atoms with Crippen LogP contribution in [0.3, 0.4) is 0 Å². The minimum absolute atomic E-state index is 0.144. The summed E-state index contributed by atoms with van der Waals surface area (Å²) in [4.78, 5) is 16.4. The molecule has 0 aliphatic carbocycles. The summed E-state index contributed by atoms with van der Waals surface area (Å²) >= 11 is 0. The molecule has 5 nitrogen and oxygen atoms in total. The molecule has 0 radical (unpaired) electrons. The van der Waals surface area contributed by atoms with Gasteiger partial charge >= 0.3 is 0 Å². The predicted molar refractivity (Wildman–Crippen MR) is 140 cm³/mol. The molecular formula is C29H38FNO4Si. The van der Waals surface area contributed by atoms with E-state index in [-0.39, 0.29) is 11.6 Å². The van der Waals surface area contributed by atoms with Gasteiger partial charge in [0.15, 0.2) is 19.9 Å². The maximum Gasteiger partial charge on any atom is 0.195 e. The highest BCUT2D eigenvalue weighted by atomic mass is 28.4. The third-order valence-corrected chi connectivity index (χ3v) is 8.82. The van der Waals surface area contributed by atoms with Crippen LogP contribution in [-0.2, 0) is 19.7 Å². The fraction of sp³-hybridized carbons (Fsp3) is 0.552. The third-order valence-electron chi connectivity index (χ3n) is 7.81. The molecule has 194 valence electrons. The number of fused-ring (bicyclic) bond motifs is 2. The Morgan fingerprint density at radius 1 is 1.00 bits per heavy atom. The van der Waals surface area contributed by atoms with Gasteiger partial charge in [-0.05, 0) is 70.4 Å². The topological polar surface area (TPSA) is 48.0 Å². The van der Waals surface area contributed by atoms with Crippen LogP contribution in [0.4, 0.5) is 4.39 Å². The molecule has 0 amide bonds. The summed E-state index contributed by atoms with van der Waals surface area (Å²) in [5, 5.41) is 0. The average Bonchev–Trinajstić information content (AvgIpc) is 3.42. The number of carbonyl (C=O) groups is 1. The van der Waals surface area contributed by atoms with Crippen LogP contribution in [0, 0.1) is 5.82 Å². The largest absolute Gasteiger partial charge is 0.405 e. The second-order valence-electron chi connectivity index (χ2n) is 11.5. The van der Waals surface area contributed by atoms with Crippen LogP contribution in [0.2, 0.25) is 19.6 Å². The van der Waals surface area contributed by atoms with E-state index in [9.17, 15) is 9.18 Å². The van der Waals surface area contributed by atoms with Gasteiger partial charge in [0.25, 0.3) is 0 Å². The molecule has 7 heteroatoms. The third kappa shape index (κ3) is 5.22. The molecule has 2 bridgehead atoms. The van der Waals surface area contributed by atoms with Gasteiger partial charge in [0.1, 0.15) is 11.4 Å². The lowest BCUT2D eigenvalue weighted by Gasteiger charge is -2.48. The number of benzene rings is 2. The Labute approximate surface area is 215 Å². The minimum Gasteiger partial charge on any atom is -0.405 e. The highest BCUT2D eigenvalue weighted by molar-refractivity contribution is 6.70. The number of rotatable bonds is 9. The van der Waals surface area contributed by atoms with Crippen molar-refractivity contribution < 1.29 is 23.1 Å². The number of Topliss-reactive ketones (excluding diaryl/α,β-unsaturated/α-hetero) is 1. The van der Waals surface area contributed by atoms with Crippen molar-refractivity contribution >= 4 is 14.1 Å². The first-order valence-corrected chi connectivity index (χ1v) is 16.7. The van der Waals surface area contributed by atoms with Crippen molar-refractivity contribution in [2.75, 3.05) is 19.8 Å². The van der Waals surface area contributed by atoms with Gasteiger partial charge < -0.3 is 13.9 Å². The van der Waals surface area contributed by atoms with E-state index >= 15 is 0 Å². The van der Waals surface area contributed by atoms with Crippen molar-refractivity contribution in [1.29, 1.82) is 0 Å². The van der Waals surface area contributed by atoms with Gasteiger partial charge in [-0.25, -0.2) is 4.39 Å². The fourth-order valence-corrected chi connectivity index (χ4v) is 7.96. The first-order valence-electron chi connectivity index (χ1n) is 13.3. The van der Waals surface area contributed by atoms with Gasteiger partial charge in [-0.1, -0.05) is 42.5 Å². The van der Waals surface area contributed by atoms with E-state index in [2.05, 4.69) is 24.5 Å². The standard InChI is InChI=1S/C29H38FNO4Si/c1-36(2,3)35-28(27(32)22-8-5-4-6-9-22)20-25-14-15-26(21-28)31(25)17-7-16-29(33-18-19-34-29)23-10-12-24(30)13-11-23/h4-6,8-13,25-26H,7,14-21H2,1-3H3. The lowest BCUT2D eigenvalue weighted by atomic mass is 9.80. The van der Waals surface area contributed by atoms with Crippen LogP contribution in [0.1, 0.15) is 54.4 Å². The van der Waals surface area contributed by atoms with E-state index in [0.29, 0.717) is 31.7 Å². The molecule has 2 unspecified atom stereocenters. The first-order chi connectivity index (χ1) is 17.2. The van der Waals surface area contributed by atoms with Crippen LogP contribution < -0.4 is 0 Å². The Hall–Kier alpha value is -1.90. The average molecular weight is 512 g/mol. The summed E-state index contributed by atoms with van der Waals surface area (Å²) in [7, 11) is -1.96. The number of hydrogen-bond donors (Lipinski definition) is 0. The predicted octanol–water partition coefficient (Wildman–Crippen LogP) is 5.91. The molecule has 0 spiro atoms. The summed E-state index contributed by atoms with van der Waals surface area (Å²) in [6.45, 7) is 8.55. The number of ether oxygens (including phenoxy) is 2. The lowest BCUT2D eigenvalue weighted by molar-refractivity contribution is -0.172. The van der Waals surface area contributed by atoms with Crippen LogP contribution in [0.15, 0.2) is 54.6 Å². The Kier molecular flexibility index (Phi) is 7.22. The zero-order valence-electron chi connectivity index (χ0n) is 21.7. The van der Waals surface area contributed by atoms with E-state index < -0.39 is 19.7 Å². The van der Waals surface area contributed by atoms with Crippen LogP contribution in [0.25, 0.3) is 0 Å². The maximum atomic E-state index is 13.9. The molecule has 2 aromatic rings. The zero-order chi connectivity index (χ0) is 25.4. The number of nitrogens with zero attached hydrogens (tertiary/aromatic N) is 1. The number of piperidine rings is 1. The van der Waals surface area contributed by atoms with Crippen LogP contribution in [-0.4, -0.2) is 56.4 Å². The number of halogens is 1. The van der Waals surface area contributed by atoms with Gasteiger partial charge in [0, 0.05) is 29.6 Å². The summed E-state index contributed by atoms with van der Waals surface area (Å²) < 4.78 is 32.4. The zero-order valence-corrected chi connectivity index (χ0v) is 22.7. The molecule has 0 aromatic heterocycles. The van der Waals surface area contributed by atoms with Crippen LogP contribution in [0.5, 0.6) is 0 Å². The van der Waals surface area contributed by atoms with E-state index in [0.717, 1.165) is 49.8 Å². The van der Waals surface area contributed by atoms with Gasteiger partial charge in [-0.2, -0.15) is 0 Å². The number of carbonyl (C=O) groups excluding carboxylic acids is 1. The van der Waals surface area contributed by atoms with Crippen LogP contribution >= 0.6 is 0 Å². The van der Waals surface area contributed by atoms with Crippen molar-refractivity contribution in [3.05, 3.63) is 71.5 Å². The van der Waals surface area contributed by atoms with Gasteiger partial charge in [-0.15, -0.1) is 0 Å². The molecule has 36 heavy (non-hydrogen) atoms. The van der Waals surface area contributed by atoms with Crippen molar-refractivity contribution in [2.24, 2.45) is 0 Å². The van der Waals surface area contributed by atoms with Gasteiger partial charge in [0.05, 0.1) is 13.2 Å². The molecule has 3 heterocycles. The quantitative estimate of drug-likeness (QED) is 0.310. The van der Waals surface area contributed by atoms with Crippen molar-refractivity contribution in [2.45, 2.75) is 81.6 Å². The highest BCUT2D eigenvalue weighted by Crippen LogP contribution is 2.46. The van der Waals surface area contributed by atoms with E-state index in [1.54, 1.807) is 12.1 Å². The van der Waals surface area contributed by atoms with Crippen molar-refractivity contribution in [3.63, 3.8) is 0 Å². The number of hydrogen-bond acceptors (Lipinski definition) is 5. The maximum absolute atomic E-state index is 13.9. The Balaban J connectivity index is 1.29. The molecule has 2 atom stereocenters. The molecule has 3 aliphatic rings. The lowest BCUT2D eigenvalue weighted by Crippen LogP contribution is -2.59. The molecule has 0 N–H and O–H groups in total. The molecule has 5 rings (SSSR count). The van der Waals surface area contributed by atoms with Gasteiger partial charge in [-0.3, -0.25) is 9.69 Å². The highest BCUT2D eigenvalue weighted by Gasteiger charge is 2.54. The summed E-state index contributed by atoms with van der Waals surface area (Å²) in [6, 6.07) is 16.8. The Morgan fingerprint density at radius 3 is 2.19 bits per heavy atom. The van der Waals surface area contributed by atoms with E-state index in [1.807, 2.05) is 30.3 Å². The van der Waals surface area contributed by atoms with E-state index in [4.69, 9.17) is 13.9 Å². The Morgan fingerprint density at radius 2 is 1.61 bits per heavy atom. The summed E-state index contributed by atoms with van der Waals surface area (Å²) in [5.74, 6) is -0.910. The molecule has 3 fully saturated rings.